The second-order valence-corrected chi connectivity index (χ2v) is 17.7. The summed E-state index contributed by atoms with van der Waals surface area (Å²) >= 11 is 0. The Morgan fingerprint density at radius 3 is 2.08 bits per heavy atom. The van der Waals surface area contributed by atoms with Crippen LogP contribution < -0.4 is 77.4 Å². The van der Waals surface area contributed by atoms with E-state index in [1.165, 1.54) is 17.9 Å². The molecule has 0 saturated carbocycles. The number of aliphatic hydroxyl groups excluding tert-OH is 1. The molecule has 1 aliphatic rings. The molecule has 23 N–H and O–H groups in total. The van der Waals surface area contributed by atoms with Crippen molar-refractivity contribution in [3.8, 4) is 0 Å². The molecule has 2 rings (SSSR count). The first kappa shape index (κ1) is 63.3. The summed E-state index contributed by atoms with van der Waals surface area (Å²) in [5, 5.41) is 37.7. The summed E-state index contributed by atoms with van der Waals surface area (Å²) in [5.41, 5.74) is 39.4. The molecule has 1 aromatic heterocycles. The molecule has 1 fully saturated rings. The number of hydrogen-bond acceptors (Lipinski definition) is 17. The van der Waals surface area contributed by atoms with Crippen LogP contribution in [-0.2, 0) is 49.6 Å². The smallest absolute Gasteiger partial charge is 0.352 e. The van der Waals surface area contributed by atoms with Gasteiger partial charge in [-0.3, -0.25) is 48.3 Å². The van der Waals surface area contributed by atoms with Crippen molar-refractivity contribution in [1.29, 1.82) is 0 Å². The third-order valence-electron chi connectivity index (χ3n) is 11.8. The maximum atomic E-state index is 14.2. The van der Waals surface area contributed by atoms with E-state index < -0.39 is 120 Å². The third-order valence-corrected chi connectivity index (χ3v) is 11.8. The number of unbranched alkanes of at least 4 members (excludes halogenated alkanes) is 2. The first-order chi connectivity index (χ1) is 35.3. The maximum absolute atomic E-state index is 14.2. The number of likely N-dealkylation sites (tertiary alicyclic amines) is 1. The number of nitrogens with two attached hydrogens (primary N) is 7. The van der Waals surface area contributed by atoms with Crippen molar-refractivity contribution >= 4 is 59.2 Å². The van der Waals surface area contributed by atoms with Gasteiger partial charge < -0.3 is 92.5 Å². The first-order valence-corrected chi connectivity index (χ1v) is 24.8. The normalized spacial score (nSPS) is 16.2. The molecule has 414 valence electrons. The number of aryl methyl sites for hydroxylation is 1. The average molecular weight is 1050 g/mol. The summed E-state index contributed by atoms with van der Waals surface area (Å²) in [6.45, 7) is 1.22. The van der Waals surface area contributed by atoms with Crippen LogP contribution in [0.15, 0.2) is 41.3 Å². The molecule has 1 aromatic rings. The highest BCUT2D eigenvalue weighted by Crippen LogP contribution is 2.21. The summed E-state index contributed by atoms with van der Waals surface area (Å²) < 4.78 is 0. The fourth-order valence-corrected chi connectivity index (χ4v) is 7.63. The molecule has 28 heteroatoms. The summed E-state index contributed by atoms with van der Waals surface area (Å²) in [6.07, 6.45) is 6.45. The van der Waals surface area contributed by atoms with E-state index in [0.717, 1.165) is 5.56 Å². The van der Waals surface area contributed by atoms with Crippen LogP contribution in [0, 0.1) is 0 Å². The molecule has 2 heterocycles. The Labute approximate surface area is 430 Å². The number of carbonyl (C=O) groups is 9. The van der Waals surface area contributed by atoms with E-state index in [4.69, 9.17) is 40.1 Å². The second kappa shape index (κ2) is 34.5. The lowest BCUT2D eigenvalue weighted by Gasteiger charge is -2.30. The number of amides is 8. The van der Waals surface area contributed by atoms with E-state index in [-0.39, 0.29) is 83.5 Å². The van der Waals surface area contributed by atoms with Crippen LogP contribution >= 0.6 is 0 Å². The lowest BCUT2D eigenvalue weighted by molar-refractivity contribution is -0.142. The van der Waals surface area contributed by atoms with Crippen molar-refractivity contribution in [2.75, 3.05) is 45.8 Å². The van der Waals surface area contributed by atoms with Gasteiger partial charge in [-0.05, 0) is 115 Å². The molecular weight excluding hydrogens is 967 g/mol. The highest BCUT2D eigenvalue weighted by molar-refractivity contribution is 5.99. The lowest BCUT2D eigenvalue weighted by atomic mass is 10.0. The number of guanidine groups is 1. The summed E-state index contributed by atoms with van der Waals surface area (Å²) in [5.74, 6) is -7.88. The van der Waals surface area contributed by atoms with Crippen molar-refractivity contribution in [2.24, 2.45) is 45.1 Å². The highest BCUT2D eigenvalue weighted by atomic mass is 16.4. The predicted octanol–water partition coefficient (Wildman–Crippen LogP) is -6.04. The van der Waals surface area contributed by atoms with Crippen LogP contribution in [0.4, 0.5) is 0 Å². The number of carboxylic acids is 1. The number of aliphatic hydroxyl groups is 1. The molecule has 8 amide bonds. The molecule has 74 heavy (non-hydrogen) atoms. The van der Waals surface area contributed by atoms with Gasteiger partial charge in [0.05, 0.1) is 18.7 Å². The fraction of sp³-hybridized carbons (Fsp3) is 0.630. The van der Waals surface area contributed by atoms with Crippen LogP contribution in [0.25, 0.3) is 0 Å². The van der Waals surface area contributed by atoms with Crippen LogP contribution in [0.1, 0.15) is 89.5 Å². The van der Waals surface area contributed by atoms with Crippen molar-refractivity contribution in [2.45, 2.75) is 139 Å². The standard InChI is InChI=1S/C46H79N17O11/c1-27(57-43(71)37(35(64)24-50)62-39(67)29(51)11-2-4-18-47)38(66)56-26-36(65)58-32(13-6-20-49)44(72)63-23-9-15-34(63)42(70)60-31(17-16-28-10-7-21-54-25-28)41(69)59-30(12-3-5-19-48)40(68)61-33(45(73)74)14-8-22-55-46(52)53/h7,10,14,21,25,27,29-32,34-35,37,64H,2-6,8-9,11-13,15-20,22-24,26,47-51H2,1H3,(H,56,66)(H,57,71)(H,58,65)(H,59,69)(H,60,70)(H,61,68)(H,62,67)(H,73,74)(H4,52,53,55)/b33-14-/t27-,29-,30-,31-,32+,34-,35-,37-/m0/s1. The zero-order chi connectivity index (χ0) is 55.2. The minimum Gasteiger partial charge on any atom is -0.477 e. The number of nitrogens with zero attached hydrogens (tertiary/aromatic N) is 3. The topological polar surface area (TPSA) is 489 Å². The molecule has 0 bridgehead atoms. The van der Waals surface area contributed by atoms with Crippen molar-refractivity contribution in [3.05, 3.63) is 41.9 Å². The number of carbonyl (C=O) groups excluding carboxylic acids is 8. The second-order valence-electron chi connectivity index (χ2n) is 17.7. The van der Waals surface area contributed by atoms with Crippen molar-refractivity contribution in [1.82, 2.24) is 47.1 Å². The third kappa shape index (κ3) is 22.9. The molecule has 8 atom stereocenters. The molecule has 0 spiro atoms. The quantitative estimate of drug-likeness (QED) is 0.0130. The van der Waals surface area contributed by atoms with Gasteiger partial charge in [-0.15, -0.1) is 0 Å². The zero-order valence-electron chi connectivity index (χ0n) is 42.1. The van der Waals surface area contributed by atoms with E-state index in [1.54, 1.807) is 24.5 Å². The molecule has 1 saturated heterocycles. The van der Waals surface area contributed by atoms with Gasteiger partial charge in [0.15, 0.2) is 5.96 Å². The molecule has 0 radical (unpaired) electrons. The van der Waals surface area contributed by atoms with Crippen molar-refractivity contribution < 1.29 is 53.4 Å². The molecule has 0 aromatic carbocycles. The Bertz CT molecular complexity index is 2060. The van der Waals surface area contributed by atoms with Gasteiger partial charge in [-0.1, -0.05) is 18.6 Å². The molecule has 0 unspecified atom stereocenters. The van der Waals surface area contributed by atoms with Gasteiger partial charge in [0, 0.05) is 32.0 Å². The Hall–Kier alpha value is -6.85. The summed E-state index contributed by atoms with van der Waals surface area (Å²) in [7, 11) is 0. The van der Waals surface area contributed by atoms with Crippen LogP contribution in [0.2, 0.25) is 0 Å². The Morgan fingerprint density at radius 1 is 0.797 bits per heavy atom. The lowest BCUT2D eigenvalue weighted by Crippen LogP contribution is -2.60. The minimum absolute atomic E-state index is 0.0206. The number of nitrogens with one attached hydrogen (secondary N) is 7. The van der Waals surface area contributed by atoms with E-state index >= 15 is 0 Å². The van der Waals surface area contributed by atoms with E-state index in [1.807, 2.05) is 0 Å². The fourth-order valence-electron chi connectivity index (χ4n) is 7.63. The van der Waals surface area contributed by atoms with E-state index in [9.17, 15) is 53.4 Å². The number of hydrogen-bond donors (Lipinski definition) is 16. The number of pyridine rings is 1. The highest BCUT2D eigenvalue weighted by Gasteiger charge is 2.39. The van der Waals surface area contributed by atoms with Crippen LogP contribution in [-0.4, -0.2) is 173 Å². The Balaban J connectivity index is 2.23. The van der Waals surface area contributed by atoms with Gasteiger partial charge in [-0.25, -0.2) is 4.79 Å². The Morgan fingerprint density at radius 2 is 1.46 bits per heavy atom. The van der Waals surface area contributed by atoms with E-state index in [0.29, 0.717) is 38.6 Å². The van der Waals surface area contributed by atoms with Crippen LogP contribution in [0.3, 0.4) is 0 Å². The number of aliphatic carboxylic acids is 1. The monoisotopic (exact) mass is 1050 g/mol. The van der Waals surface area contributed by atoms with E-state index in [2.05, 4.69) is 47.2 Å². The zero-order valence-corrected chi connectivity index (χ0v) is 42.1. The molecule has 28 nitrogen and oxygen atoms in total. The number of rotatable bonds is 35. The largest absolute Gasteiger partial charge is 0.477 e. The van der Waals surface area contributed by atoms with Crippen molar-refractivity contribution in [3.63, 3.8) is 0 Å². The molecule has 1 aliphatic heterocycles. The summed E-state index contributed by atoms with van der Waals surface area (Å²) in [4.78, 5) is 129. The number of aliphatic imine (C=N–C) groups is 1. The van der Waals surface area contributed by atoms with Gasteiger partial charge in [-0.2, -0.15) is 0 Å². The van der Waals surface area contributed by atoms with Gasteiger partial charge in [0.2, 0.25) is 47.3 Å². The molecular formula is C46H79N17O11. The predicted molar refractivity (Wildman–Crippen MR) is 272 cm³/mol. The SMILES string of the molecule is C[C@H](NC(=O)[C@@H](NC(=O)[C@@H](N)CCCCN)[C@@H](O)CN)C(=O)NCC(=O)N[C@H](CCCN)C(=O)N1CCC[C@H]1C(=O)N[C@@H](CCc1cccnc1)C(=O)N[C@@H](CCCCN)C(=O)N/C(=C\CCN=C(N)N)C(=O)O. The number of aromatic nitrogens is 1. The Kier molecular flexibility index (Phi) is 29.5. The first-order valence-electron chi connectivity index (χ1n) is 24.8. The average Bonchev–Trinajstić information content (AvgIpc) is 3.88. The van der Waals surface area contributed by atoms with Crippen LogP contribution in [0.5, 0.6) is 0 Å². The minimum atomic E-state index is -1.56. The van der Waals surface area contributed by atoms with Gasteiger partial charge in [0.25, 0.3) is 0 Å². The van der Waals surface area contributed by atoms with Gasteiger partial charge in [0.1, 0.15) is 41.9 Å². The number of carboxylic acid groups (broad SMARTS) is 1. The summed E-state index contributed by atoms with van der Waals surface area (Å²) in [6, 6.07) is -5.21. The molecule has 0 aliphatic carbocycles. The van der Waals surface area contributed by atoms with Gasteiger partial charge >= 0.3 is 5.97 Å². The maximum Gasteiger partial charge on any atom is 0.352 e.